The number of hydrogen-bond donors (Lipinski definition) is 4. The third-order valence-corrected chi connectivity index (χ3v) is 6.09. The first-order valence-corrected chi connectivity index (χ1v) is 11.7. The molecule has 0 aliphatic carbocycles. The topological polar surface area (TPSA) is 142 Å². The van der Waals surface area contributed by atoms with Gasteiger partial charge in [-0.1, -0.05) is 23.7 Å². The van der Waals surface area contributed by atoms with Gasteiger partial charge in [0, 0.05) is 28.5 Å². The number of carbonyl (C=O) groups excluding carboxylic acids is 1. The Balaban J connectivity index is 1.50. The summed E-state index contributed by atoms with van der Waals surface area (Å²) in [6.45, 7) is 3.57. The molecule has 2 aromatic carbocycles. The van der Waals surface area contributed by atoms with Crippen molar-refractivity contribution in [2.75, 3.05) is 10.6 Å². The molecule has 1 amide bonds. The maximum Gasteiger partial charge on any atom is 0.335 e. The number of benzene rings is 2. The maximum atomic E-state index is 13.6. The van der Waals surface area contributed by atoms with Crippen molar-refractivity contribution in [2.45, 2.75) is 19.9 Å². The number of amides is 1. The highest BCUT2D eigenvalue weighted by Crippen LogP contribution is 2.36. The molecule has 0 saturated heterocycles. The standard InChI is InChI=1S/C26H20ClFN6O4/c1-12-3-5-16(17(27)9-12)22-21(23(35)32-20-10-14(24(36)37)7-8-29-20)13(2)30-25(33-22)34-26-31-18-6-4-15(28)11-19(18)38-26/h3-11,22H,1-2H3,(H,36,37)(H,29,32,35)(H2,30,31,33,34). The predicted octanol–water partition coefficient (Wildman–Crippen LogP) is 5.05. The number of fused-ring (bicyclic) bond motifs is 1. The number of aryl methyl sites for hydroxylation is 1. The molecule has 3 heterocycles. The van der Waals surface area contributed by atoms with Crippen LogP contribution in [-0.4, -0.2) is 32.9 Å². The molecule has 4 aromatic rings. The van der Waals surface area contributed by atoms with E-state index in [1.165, 1.54) is 36.5 Å². The summed E-state index contributed by atoms with van der Waals surface area (Å²) in [5.41, 5.74) is 2.85. The van der Waals surface area contributed by atoms with Crippen LogP contribution in [0.3, 0.4) is 0 Å². The Labute approximate surface area is 220 Å². The molecule has 192 valence electrons. The lowest BCUT2D eigenvalue weighted by atomic mass is 9.95. The van der Waals surface area contributed by atoms with Crippen LogP contribution in [0.4, 0.5) is 16.2 Å². The van der Waals surface area contributed by atoms with Crippen molar-refractivity contribution in [3.05, 3.63) is 93.5 Å². The summed E-state index contributed by atoms with van der Waals surface area (Å²) >= 11 is 6.56. The molecule has 0 spiro atoms. The summed E-state index contributed by atoms with van der Waals surface area (Å²) in [7, 11) is 0. The lowest BCUT2D eigenvalue weighted by Crippen LogP contribution is -2.37. The average Bonchev–Trinajstić information content (AvgIpc) is 3.25. The van der Waals surface area contributed by atoms with E-state index >= 15 is 0 Å². The predicted molar refractivity (Wildman–Crippen MR) is 140 cm³/mol. The van der Waals surface area contributed by atoms with Crippen LogP contribution in [0.25, 0.3) is 11.1 Å². The Kier molecular flexibility index (Phi) is 6.52. The molecule has 10 nitrogen and oxygen atoms in total. The average molecular weight is 535 g/mol. The zero-order valence-corrected chi connectivity index (χ0v) is 20.8. The van der Waals surface area contributed by atoms with Crippen molar-refractivity contribution in [3.8, 4) is 0 Å². The van der Waals surface area contributed by atoms with Gasteiger partial charge in [-0.2, -0.15) is 4.98 Å². The molecule has 1 aliphatic rings. The first kappa shape index (κ1) is 24.9. The number of halogens is 2. The van der Waals surface area contributed by atoms with Gasteiger partial charge in [-0.05, 0) is 49.7 Å². The lowest BCUT2D eigenvalue weighted by Gasteiger charge is -2.27. The quantitative estimate of drug-likeness (QED) is 0.279. The first-order valence-electron chi connectivity index (χ1n) is 11.3. The van der Waals surface area contributed by atoms with Crippen molar-refractivity contribution in [1.82, 2.24) is 15.3 Å². The Hall–Kier alpha value is -4.77. The number of aliphatic imine (C=N–C) groups is 1. The van der Waals surface area contributed by atoms with Gasteiger partial charge in [0.05, 0.1) is 11.1 Å². The number of pyridine rings is 1. The monoisotopic (exact) mass is 534 g/mol. The van der Waals surface area contributed by atoms with Crippen LogP contribution in [0, 0.1) is 12.7 Å². The van der Waals surface area contributed by atoms with Crippen molar-refractivity contribution in [2.24, 2.45) is 4.99 Å². The van der Waals surface area contributed by atoms with E-state index in [1.54, 1.807) is 19.1 Å². The van der Waals surface area contributed by atoms with Gasteiger partial charge < -0.3 is 20.2 Å². The summed E-state index contributed by atoms with van der Waals surface area (Å²) < 4.78 is 19.2. The molecule has 0 radical (unpaired) electrons. The minimum atomic E-state index is -1.15. The smallest absolute Gasteiger partial charge is 0.335 e. The van der Waals surface area contributed by atoms with Gasteiger partial charge in [0.2, 0.25) is 5.96 Å². The highest BCUT2D eigenvalue weighted by atomic mass is 35.5. The maximum absolute atomic E-state index is 13.6. The Morgan fingerprint density at radius 3 is 2.71 bits per heavy atom. The Bertz CT molecular complexity index is 1660. The fourth-order valence-corrected chi connectivity index (χ4v) is 4.32. The normalized spacial score (nSPS) is 15.2. The molecule has 0 saturated carbocycles. The van der Waals surface area contributed by atoms with Gasteiger partial charge in [0.15, 0.2) is 5.58 Å². The number of oxazole rings is 1. The van der Waals surface area contributed by atoms with E-state index in [9.17, 15) is 19.1 Å². The van der Waals surface area contributed by atoms with Crippen LogP contribution in [0.1, 0.15) is 34.5 Å². The second kappa shape index (κ2) is 9.94. The SMILES string of the molecule is CC1=C(C(=O)Nc2cc(C(=O)O)ccn2)C(c2ccc(C)cc2Cl)N=C(Nc2nc3ccc(F)cc3o2)N1. The minimum absolute atomic E-state index is 0.0244. The third kappa shape index (κ3) is 5.04. The van der Waals surface area contributed by atoms with E-state index in [0.29, 0.717) is 21.8 Å². The molecular formula is C26H20ClFN6O4. The highest BCUT2D eigenvalue weighted by molar-refractivity contribution is 6.31. The molecular weight excluding hydrogens is 515 g/mol. The number of anilines is 2. The van der Waals surface area contributed by atoms with E-state index in [-0.39, 0.29) is 34.5 Å². The molecule has 12 heteroatoms. The fraction of sp³-hybridized carbons (Fsp3) is 0.115. The van der Waals surface area contributed by atoms with Gasteiger partial charge in [-0.25, -0.2) is 19.2 Å². The zero-order valence-electron chi connectivity index (χ0n) is 20.0. The van der Waals surface area contributed by atoms with Gasteiger partial charge in [-0.3, -0.25) is 10.1 Å². The minimum Gasteiger partial charge on any atom is -0.478 e. The lowest BCUT2D eigenvalue weighted by molar-refractivity contribution is -0.113. The number of aromatic nitrogens is 2. The molecule has 5 rings (SSSR count). The Morgan fingerprint density at radius 2 is 1.95 bits per heavy atom. The number of nitrogens with one attached hydrogen (secondary N) is 3. The van der Waals surface area contributed by atoms with Crippen LogP contribution in [0.5, 0.6) is 0 Å². The van der Waals surface area contributed by atoms with Crippen molar-refractivity contribution >= 4 is 52.4 Å². The van der Waals surface area contributed by atoms with Crippen molar-refractivity contribution in [3.63, 3.8) is 0 Å². The van der Waals surface area contributed by atoms with E-state index < -0.39 is 23.7 Å². The van der Waals surface area contributed by atoms with Gasteiger partial charge >= 0.3 is 12.0 Å². The molecule has 0 bridgehead atoms. The fourth-order valence-electron chi connectivity index (χ4n) is 3.98. The summed E-state index contributed by atoms with van der Waals surface area (Å²) in [6.07, 6.45) is 1.29. The number of nitrogens with zero attached hydrogens (tertiary/aromatic N) is 3. The van der Waals surface area contributed by atoms with Crippen LogP contribution < -0.4 is 16.0 Å². The molecule has 38 heavy (non-hydrogen) atoms. The molecule has 1 atom stereocenters. The third-order valence-electron chi connectivity index (χ3n) is 5.76. The summed E-state index contributed by atoms with van der Waals surface area (Å²) in [5, 5.41) is 18.3. The molecule has 0 fully saturated rings. The Morgan fingerprint density at radius 1 is 1.13 bits per heavy atom. The summed E-state index contributed by atoms with van der Waals surface area (Å²) in [4.78, 5) is 37.8. The number of allylic oxidation sites excluding steroid dienone is 1. The van der Waals surface area contributed by atoms with Crippen LogP contribution in [-0.2, 0) is 4.79 Å². The summed E-state index contributed by atoms with van der Waals surface area (Å²) in [5.74, 6) is -1.87. The second-order valence-electron chi connectivity index (χ2n) is 8.51. The molecule has 1 aliphatic heterocycles. The van der Waals surface area contributed by atoms with E-state index in [2.05, 4.69) is 30.9 Å². The number of carboxylic acids is 1. The van der Waals surface area contributed by atoms with E-state index in [0.717, 1.165) is 5.56 Å². The molecule has 4 N–H and O–H groups in total. The van der Waals surface area contributed by atoms with Gasteiger partial charge in [0.1, 0.15) is 23.2 Å². The number of carboxylic acid groups (broad SMARTS) is 1. The van der Waals surface area contributed by atoms with Gasteiger partial charge in [0.25, 0.3) is 5.91 Å². The van der Waals surface area contributed by atoms with Gasteiger partial charge in [-0.15, -0.1) is 0 Å². The van der Waals surface area contributed by atoms with E-state index in [1.807, 2.05) is 13.0 Å². The van der Waals surface area contributed by atoms with Crippen molar-refractivity contribution < 1.29 is 23.5 Å². The first-order chi connectivity index (χ1) is 18.2. The zero-order chi connectivity index (χ0) is 27.0. The largest absolute Gasteiger partial charge is 0.478 e. The van der Waals surface area contributed by atoms with Crippen LogP contribution >= 0.6 is 11.6 Å². The van der Waals surface area contributed by atoms with Crippen LogP contribution in [0.2, 0.25) is 5.02 Å². The second-order valence-corrected chi connectivity index (χ2v) is 8.92. The number of hydrogen-bond acceptors (Lipinski definition) is 8. The van der Waals surface area contributed by atoms with Crippen molar-refractivity contribution in [1.29, 1.82) is 0 Å². The number of aromatic carboxylic acids is 1. The molecule has 2 aromatic heterocycles. The van der Waals surface area contributed by atoms with Crippen LogP contribution in [0.15, 0.2) is 75.4 Å². The number of carbonyl (C=O) groups is 2. The highest BCUT2D eigenvalue weighted by Gasteiger charge is 2.31. The number of guanidine groups is 1. The molecule has 1 unspecified atom stereocenters. The summed E-state index contributed by atoms with van der Waals surface area (Å²) in [6, 6.07) is 11.2. The van der Waals surface area contributed by atoms with E-state index in [4.69, 9.17) is 16.0 Å². The number of rotatable bonds is 5.